The fourth-order valence-corrected chi connectivity index (χ4v) is 1.71. The van der Waals surface area contributed by atoms with E-state index in [1.165, 1.54) is 0 Å². The van der Waals surface area contributed by atoms with Crippen molar-refractivity contribution in [1.29, 1.82) is 0 Å². The van der Waals surface area contributed by atoms with Gasteiger partial charge in [-0.15, -0.1) is 6.58 Å². The molecule has 0 aliphatic rings. The van der Waals surface area contributed by atoms with Crippen molar-refractivity contribution in [1.82, 2.24) is 4.90 Å². The fraction of sp³-hybridized carbons (Fsp3) is 0.400. The van der Waals surface area contributed by atoms with Crippen LogP contribution in [0.4, 0.5) is 5.69 Å². The first kappa shape index (κ1) is 15.1. The van der Waals surface area contributed by atoms with Crippen molar-refractivity contribution in [3.63, 3.8) is 0 Å². The van der Waals surface area contributed by atoms with Crippen molar-refractivity contribution in [3.05, 3.63) is 36.9 Å². The molecule has 4 heteroatoms. The Morgan fingerprint density at radius 2 is 2.05 bits per heavy atom. The van der Waals surface area contributed by atoms with Crippen LogP contribution < -0.4 is 10.5 Å². The van der Waals surface area contributed by atoms with E-state index in [0.717, 1.165) is 0 Å². The van der Waals surface area contributed by atoms with Crippen molar-refractivity contribution < 1.29 is 9.53 Å². The van der Waals surface area contributed by atoms with Crippen molar-refractivity contribution in [2.75, 3.05) is 18.9 Å². The van der Waals surface area contributed by atoms with Crippen LogP contribution in [0.5, 0.6) is 5.75 Å². The van der Waals surface area contributed by atoms with E-state index < -0.39 is 0 Å². The predicted molar refractivity (Wildman–Crippen MR) is 78.0 cm³/mol. The maximum Gasteiger partial charge on any atom is 0.261 e. The molecule has 0 saturated carbocycles. The molecular formula is C15H22N2O2. The molecule has 0 spiro atoms. The molecule has 4 nitrogen and oxygen atoms in total. The number of nitrogen functional groups attached to an aromatic ring is 1. The van der Waals surface area contributed by atoms with Gasteiger partial charge in [-0.05, 0) is 32.9 Å². The average Bonchev–Trinajstić information content (AvgIpc) is 2.33. The van der Waals surface area contributed by atoms with Crippen LogP contribution in [-0.2, 0) is 4.79 Å². The monoisotopic (exact) mass is 262 g/mol. The Kier molecular flexibility index (Phi) is 4.98. The zero-order chi connectivity index (χ0) is 14.5. The maximum atomic E-state index is 12.2. The highest BCUT2D eigenvalue weighted by Crippen LogP contribution is 2.20. The van der Waals surface area contributed by atoms with E-state index in [4.69, 9.17) is 10.5 Å². The highest BCUT2D eigenvalue weighted by atomic mass is 16.5. The Hall–Kier alpha value is -1.97. The minimum Gasteiger partial charge on any atom is -0.482 e. The van der Waals surface area contributed by atoms with Gasteiger partial charge in [-0.1, -0.05) is 18.2 Å². The first-order valence-corrected chi connectivity index (χ1v) is 6.25. The lowest BCUT2D eigenvalue weighted by molar-refractivity contribution is -0.137. The zero-order valence-corrected chi connectivity index (χ0v) is 11.8. The fourth-order valence-electron chi connectivity index (χ4n) is 1.71. The summed E-state index contributed by atoms with van der Waals surface area (Å²) >= 11 is 0. The molecule has 0 heterocycles. The Bertz CT molecular complexity index is 450. The molecule has 0 radical (unpaired) electrons. The summed E-state index contributed by atoms with van der Waals surface area (Å²) in [7, 11) is 0. The number of anilines is 1. The summed E-state index contributed by atoms with van der Waals surface area (Å²) in [6.45, 7) is 10.1. The van der Waals surface area contributed by atoms with Crippen molar-refractivity contribution in [2.45, 2.75) is 26.3 Å². The molecule has 0 fully saturated rings. The molecule has 0 saturated heterocycles. The highest BCUT2D eigenvalue weighted by molar-refractivity contribution is 5.79. The molecule has 1 amide bonds. The second-order valence-corrected chi connectivity index (χ2v) is 5.29. The van der Waals surface area contributed by atoms with Gasteiger partial charge < -0.3 is 15.4 Å². The van der Waals surface area contributed by atoms with Gasteiger partial charge in [-0.2, -0.15) is 0 Å². The van der Waals surface area contributed by atoms with E-state index >= 15 is 0 Å². The number of ether oxygens (including phenoxy) is 1. The van der Waals surface area contributed by atoms with Crippen molar-refractivity contribution >= 4 is 11.6 Å². The topological polar surface area (TPSA) is 55.6 Å². The number of hydrogen-bond acceptors (Lipinski definition) is 3. The molecule has 1 aromatic carbocycles. The van der Waals surface area contributed by atoms with Crippen LogP contribution in [0.3, 0.4) is 0 Å². The van der Waals surface area contributed by atoms with Crippen LogP contribution >= 0.6 is 0 Å². The lowest BCUT2D eigenvalue weighted by Crippen LogP contribution is -2.47. The summed E-state index contributed by atoms with van der Waals surface area (Å²) in [4.78, 5) is 13.9. The summed E-state index contributed by atoms with van der Waals surface area (Å²) in [6.07, 6.45) is 1.71. The third kappa shape index (κ3) is 4.32. The number of nitrogens with two attached hydrogens (primary N) is 1. The molecular weight excluding hydrogens is 240 g/mol. The maximum absolute atomic E-state index is 12.2. The lowest BCUT2D eigenvalue weighted by Gasteiger charge is -2.34. The minimum atomic E-state index is -0.267. The Balaban J connectivity index is 2.68. The molecule has 1 rings (SSSR count). The Morgan fingerprint density at radius 3 is 2.58 bits per heavy atom. The van der Waals surface area contributed by atoms with Crippen molar-refractivity contribution in [2.24, 2.45) is 0 Å². The number of amides is 1. The third-order valence-corrected chi connectivity index (χ3v) is 2.69. The SMILES string of the molecule is C=CCN(C(=O)COc1ccccc1N)C(C)(C)C. The molecule has 0 atom stereocenters. The van der Waals surface area contributed by atoms with Crippen LogP contribution in [0, 0.1) is 0 Å². The smallest absolute Gasteiger partial charge is 0.261 e. The number of para-hydroxylation sites is 2. The summed E-state index contributed by atoms with van der Waals surface area (Å²) in [5.74, 6) is 0.443. The molecule has 0 aliphatic heterocycles. The largest absolute Gasteiger partial charge is 0.482 e. The lowest BCUT2D eigenvalue weighted by atomic mass is 10.1. The molecule has 19 heavy (non-hydrogen) atoms. The first-order valence-electron chi connectivity index (χ1n) is 6.25. The number of nitrogens with zero attached hydrogens (tertiary/aromatic N) is 1. The van der Waals surface area contributed by atoms with E-state index in [-0.39, 0.29) is 18.1 Å². The normalized spacial score (nSPS) is 10.9. The minimum absolute atomic E-state index is 0.0284. The second-order valence-electron chi connectivity index (χ2n) is 5.29. The number of rotatable bonds is 5. The highest BCUT2D eigenvalue weighted by Gasteiger charge is 2.25. The number of benzene rings is 1. The second kappa shape index (κ2) is 6.27. The predicted octanol–water partition coefficient (Wildman–Crippen LogP) is 2.46. The summed E-state index contributed by atoms with van der Waals surface area (Å²) in [5.41, 5.74) is 6.02. The number of carbonyl (C=O) groups is 1. The van der Waals surface area contributed by atoms with Gasteiger partial charge >= 0.3 is 0 Å². The Morgan fingerprint density at radius 1 is 1.42 bits per heavy atom. The number of carbonyl (C=O) groups excluding carboxylic acids is 1. The molecule has 1 aromatic rings. The summed E-state index contributed by atoms with van der Waals surface area (Å²) < 4.78 is 5.47. The molecule has 0 aliphatic carbocycles. The summed E-state index contributed by atoms with van der Waals surface area (Å²) in [5, 5.41) is 0. The average molecular weight is 262 g/mol. The van der Waals surface area contributed by atoms with E-state index in [2.05, 4.69) is 6.58 Å². The van der Waals surface area contributed by atoms with Gasteiger partial charge in [0.1, 0.15) is 5.75 Å². The van der Waals surface area contributed by atoms with Crippen molar-refractivity contribution in [3.8, 4) is 5.75 Å². The van der Waals surface area contributed by atoms with Crippen LogP contribution in [0.1, 0.15) is 20.8 Å². The molecule has 2 N–H and O–H groups in total. The van der Waals surface area contributed by atoms with Gasteiger partial charge in [-0.25, -0.2) is 0 Å². The van der Waals surface area contributed by atoms with Crippen LogP contribution in [0.15, 0.2) is 36.9 Å². The van der Waals surface area contributed by atoms with Gasteiger partial charge in [0.05, 0.1) is 5.69 Å². The number of hydrogen-bond donors (Lipinski definition) is 1. The van der Waals surface area contributed by atoms with E-state index in [9.17, 15) is 4.79 Å². The molecule has 0 bridgehead atoms. The van der Waals surface area contributed by atoms with Gasteiger partial charge in [0, 0.05) is 12.1 Å². The van der Waals surface area contributed by atoms with E-state index in [1.54, 1.807) is 23.1 Å². The molecule has 0 aromatic heterocycles. The quantitative estimate of drug-likeness (QED) is 0.655. The van der Waals surface area contributed by atoms with Crippen LogP contribution in [0.2, 0.25) is 0 Å². The van der Waals surface area contributed by atoms with Gasteiger partial charge in [0.15, 0.2) is 6.61 Å². The standard InChI is InChI=1S/C15H22N2O2/c1-5-10-17(15(2,3)4)14(18)11-19-13-9-7-6-8-12(13)16/h5-9H,1,10-11,16H2,2-4H3. The van der Waals surface area contributed by atoms with E-state index in [1.807, 2.05) is 32.9 Å². The first-order chi connectivity index (χ1) is 8.86. The van der Waals surface area contributed by atoms with E-state index in [0.29, 0.717) is 18.0 Å². The van der Waals surface area contributed by atoms with Gasteiger partial charge in [-0.3, -0.25) is 4.79 Å². The summed E-state index contributed by atoms with van der Waals surface area (Å²) in [6, 6.07) is 7.13. The zero-order valence-electron chi connectivity index (χ0n) is 11.8. The third-order valence-electron chi connectivity index (χ3n) is 2.69. The Labute approximate surface area is 114 Å². The molecule has 0 unspecified atom stereocenters. The van der Waals surface area contributed by atoms with Crippen LogP contribution in [0.25, 0.3) is 0 Å². The van der Waals surface area contributed by atoms with Crippen LogP contribution in [-0.4, -0.2) is 29.5 Å². The van der Waals surface area contributed by atoms with Gasteiger partial charge in [0.2, 0.25) is 0 Å². The molecule has 104 valence electrons. The van der Waals surface area contributed by atoms with Gasteiger partial charge in [0.25, 0.3) is 5.91 Å².